The molecule has 0 radical (unpaired) electrons. The first kappa shape index (κ1) is 12.0. The lowest BCUT2D eigenvalue weighted by Gasteiger charge is -1.96. The normalized spacial score (nSPS) is 28.3. The van der Waals surface area contributed by atoms with Crippen LogP contribution in [0.1, 0.15) is 19.3 Å². The number of carboxylic acid groups (broad SMARTS) is 1. The molecule has 2 aliphatic carbocycles. The standard InChI is InChI=1S/C7H10.C3H4O2.C2H4O/c1-2-7-4-3-6(1)5-7;1-2-3(4)5;1-2-3-1/h1-2,6-7H,3-5H2;2H,1H2,(H,4,5);1-2H2. The lowest BCUT2D eigenvalue weighted by atomic mass is 10.1. The molecule has 1 N–H and O–H groups in total. The van der Waals surface area contributed by atoms with E-state index in [2.05, 4.69) is 23.5 Å². The van der Waals surface area contributed by atoms with Gasteiger partial charge in [-0.1, -0.05) is 18.7 Å². The quantitative estimate of drug-likeness (QED) is 0.410. The minimum absolute atomic E-state index is 0.833. The number of rotatable bonds is 1. The Bertz CT molecular complexity index is 228. The van der Waals surface area contributed by atoms with Crippen molar-refractivity contribution in [3.63, 3.8) is 0 Å². The van der Waals surface area contributed by atoms with E-state index < -0.39 is 5.97 Å². The summed E-state index contributed by atoms with van der Waals surface area (Å²) < 4.78 is 4.50. The van der Waals surface area contributed by atoms with Crippen molar-refractivity contribution in [2.45, 2.75) is 19.3 Å². The van der Waals surface area contributed by atoms with Gasteiger partial charge in [0.2, 0.25) is 0 Å². The fourth-order valence-electron chi connectivity index (χ4n) is 1.72. The number of carboxylic acids is 1. The van der Waals surface area contributed by atoms with Gasteiger partial charge < -0.3 is 9.84 Å². The third-order valence-electron chi connectivity index (χ3n) is 2.55. The van der Waals surface area contributed by atoms with Gasteiger partial charge in [-0.3, -0.25) is 0 Å². The maximum absolute atomic E-state index is 9.25. The van der Waals surface area contributed by atoms with Gasteiger partial charge in [-0.15, -0.1) is 0 Å². The Morgan fingerprint density at radius 1 is 1.33 bits per heavy atom. The first-order valence-corrected chi connectivity index (χ1v) is 5.33. The van der Waals surface area contributed by atoms with Gasteiger partial charge >= 0.3 is 5.97 Å². The molecule has 2 bridgehead atoms. The maximum atomic E-state index is 9.25. The summed E-state index contributed by atoms with van der Waals surface area (Å²) in [5.74, 6) is 1.00. The predicted molar refractivity (Wildman–Crippen MR) is 58.6 cm³/mol. The van der Waals surface area contributed by atoms with E-state index >= 15 is 0 Å². The van der Waals surface area contributed by atoms with E-state index in [-0.39, 0.29) is 0 Å². The number of fused-ring (bicyclic) bond motifs is 2. The number of epoxide rings is 1. The first-order valence-electron chi connectivity index (χ1n) is 5.33. The van der Waals surface area contributed by atoms with E-state index in [1.807, 2.05) is 0 Å². The van der Waals surface area contributed by atoms with Crippen molar-refractivity contribution in [2.24, 2.45) is 11.8 Å². The van der Waals surface area contributed by atoms with Crippen LogP contribution in [0.2, 0.25) is 0 Å². The van der Waals surface area contributed by atoms with Gasteiger partial charge in [0.05, 0.1) is 13.2 Å². The Balaban J connectivity index is 0.000000124. The fourth-order valence-corrected chi connectivity index (χ4v) is 1.72. The number of hydrogen-bond donors (Lipinski definition) is 1. The summed E-state index contributed by atoms with van der Waals surface area (Å²) in [6, 6.07) is 0. The van der Waals surface area contributed by atoms with E-state index in [1.54, 1.807) is 0 Å². The zero-order valence-corrected chi connectivity index (χ0v) is 8.89. The summed E-state index contributed by atoms with van der Waals surface area (Å²) in [6.07, 6.45) is 10.0. The smallest absolute Gasteiger partial charge is 0.327 e. The second kappa shape index (κ2) is 6.40. The van der Waals surface area contributed by atoms with Gasteiger partial charge in [0.15, 0.2) is 0 Å². The predicted octanol–water partition coefficient (Wildman–Crippen LogP) is 2.25. The highest BCUT2D eigenvalue weighted by atomic mass is 16.6. The lowest BCUT2D eigenvalue weighted by molar-refractivity contribution is -0.131. The highest BCUT2D eigenvalue weighted by Gasteiger charge is 2.25. The first-order chi connectivity index (χ1) is 7.22. The van der Waals surface area contributed by atoms with Crippen molar-refractivity contribution in [1.29, 1.82) is 0 Å². The average molecular weight is 210 g/mol. The van der Waals surface area contributed by atoms with Crippen LogP contribution in [0.5, 0.6) is 0 Å². The van der Waals surface area contributed by atoms with E-state index in [0.29, 0.717) is 0 Å². The zero-order valence-electron chi connectivity index (χ0n) is 8.89. The summed E-state index contributed by atoms with van der Waals surface area (Å²) >= 11 is 0. The Morgan fingerprint density at radius 3 is 1.80 bits per heavy atom. The van der Waals surface area contributed by atoms with Crippen LogP contribution >= 0.6 is 0 Å². The maximum Gasteiger partial charge on any atom is 0.327 e. The number of hydrogen-bond acceptors (Lipinski definition) is 2. The van der Waals surface area contributed by atoms with Gasteiger partial charge in [-0.25, -0.2) is 4.79 Å². The minimum atomic E-state index is -0.981. The van der Waals surface area contributed by atoms with Gasteiger partial charge in [0.1, 0.15) is 0 Å². The van der Waals surface area contributed by atoms with Crippen LogP contribution in [0.4, 0.5) is 0 Å². The summed E-state index contributed by atoms with van der Waals surface area (Å²) in [5.41, 5.74) is 0. The Hall–Kier alpha value is -1.09. The topological polar surface area (TPSA) is 49.8 Å². The highest BCUT2D eigenvalue weighted by molar-refractivity contribution is 5.78. The van der Waals surface area contributed by atoms with E-state index in [4.69, 9.17) is 5.11 Å². The molecule has 0 spiro atoms. The van der Waals surface area contributed by atoms with Crippen molar-refractivity contribution >= 4 is 5.97 Å². The third kappa shape index (κ3) is 6.07. The second-order valence-corrected chi connectivity index (χ2v) is 3.87. The Kier molecular flexibility index (Phi) is 5.12. The molecule has 2 atom stereocenters. The van der Waals surface area contributed by atoms with Crippen LogP contribution < -0.4 is 0 Å². The van der Waals surface area contributed by atoms with Crippen LogP contribution in [0.15, 0.2) is 24.8 Å². The monoisotopic (exact) mass is 210 g/mol. The number of carbonyl (C=O) groups is 1. The van der Waals surface area contributed by atoms with Crippen LogP contribution in [-0.2, 0) is 9.53 Å². The average Bonchev–Trinajstić information content (AvgIpc) is 2.98. The van der Waals surface area contributed by atoms with Crippen molar-refractivity contribution in [3.8, 4) is 0 Å². The summed E-state index contributed by atoms with van der Waals surface area (Å²) in [4.78, 5) is 9.25. The molecule has 2 fully saturated rings. The number of ether oxygens (including phenoxy) is 1. The molecule has 0 aromatic rings. The molecule has 0 aromatic carbocycles. The number of allylic oxidation sites excluding steroid dienone is 2. The molecule has 0 amide bonds. The van der Waals surface area contributed by atoms with Gasteiger partial charge in [0.25, 0.3) is 0 Å². The molecule has 1 heterocycles. The summed E-state index contributed by atoms with van der Waals surface area (Å²) in [5, 5.41) is 7.60. The minimum Gasteiger partial charge on any atom is -0.478 e. The van der Waals surface area contributed by atoms with E-state index in [9.17, 15) is 4.79 Å². The zero-order chi connectivity index (χ0) is 11.1. The Labute approximate surface area is 90.4 Å². The molecule has 3 heteroatoms. The van der Waals surface area contributed by atoms with Crippen LogP contribution in [0.25, 0.3) is 0 Å². The van der Waals surface area contributed by atoms with Crippen molar-refractivity contribution in [3.05, 3.63) is 24.8 Å². The van der Waals surface area contributed by atoms with Crippen LogP contribution in [0.3, 0.4) is 0 Å². The molecule has 3 rings (SSSR count). The van der Waals surface area contributed by atoms with Crippen molar-refractivity contribution < 1.29 is 14.6 Å². The summed E-state index contributed by atoms with van der Waals surface area (Å²) in [6.45, 7) is 4.96. The van der Waals surface area contributed by atoms with Crippen molar-refractivity contribution in [1.82, 2.24) is 0 Å². The highest BCUT2D eigenvalue weighted by Crippen LogP contribution is 2.38. The molecule has 15 heavy (non-hydrogen) atoms. The SMILES string of the molecule is C1=CC2CCC1C2.C1CO1.C=CC(=O)O. The molecule has 84 valence electrons. The van der Waals surface area contributed by atoms with Crippen LogP contribution in [0, 0.1) is 11.8 Å². The molecule has 0 aromatic heterocycles. The third-order valence-corrected chi connectivity index (χ3v) is 2.55. The lowest BCUT2D eigenvalue weighted by Crippen LogP contribution is -1.82. The van der Waals surface area contributed by atoms with E-state index in [1.165, 1.54) is 19.3 Å². The van der Waals surface area contributed by atoms with Gasteiger partial charge in [0, 0.05) is 6.08 Å². The largest absolute Gasteiger partial charge is 0.478 e. The molecular formula is C12H18O3. The van der Waals surface area contributed by atoms with Gasteiger partial charge in [-0.2, -0.15) is 0 Å². The fraction of sp³-hybridized carbons (Fsp3) is 0.583. The molecule has 3 aliphatic rings. The van der Waals surface area contributed by atoms with Gasteiger partial charge in [-0.05, 0) is 31.1 Å². The molecule has 2 unspecified atom stereocenters. The van der Waals surface area contributed by atoms with E-state index in [0.717, 1.165) is 31.1 Å². The number of aliphatic carboxylic acids is 1. The van der Waals surface area contributed by atoms with Crippen LogP contribution in [-0.4, -0.2) is 24.3 Å². The molecule has 1 aliphatic heterocycles. The molecular weight excluding hydrogens is 192 g/mol. The summed E-state index contributed by atoms with van der Waals surface area (Å²) in [7, 11) is 0. The second-order valence-electron chi connectivity index (χ2n) is 3.87. The molecule has 3 nitrogen and oxygen atoms in total. The molecule has 1 saturated heterocycles. The molecule has 1 saturated carbocycles. The van der Waals surface area contributed by atoms with Crippen molar-refractivity contribution in [2.75, 3.05) is 13.2 Å². The Morgan fingerprint density at radius 2 is 1.73 bits per heavy atom.